The van der Waals surface area contributed by atoms with Crippen molar-refractivity contribution in [3.8, 4) is 0 Å². The van der Waals surface area contributed by atoms with Crippen molar-refractivity contribution in [3.05, 3.63) is 83.3 Å². The molecule has 0 radical (unpaired) electrons. The zero-order chi connectivity index (χ0) is 24.5. The predicted octanol–water partition coefficient (Wildman–Crippen LogP) is 4.91. The van der Waals surface area contributed by atoms with Crippen LogP contribution in [0.25, 0.3) is 0 Å². The third-order valence-electron chi connectivity index (χ3n) is 4.46. The Morgan fingerprint density at radius 3 is 2.71 bits per heavy atom. The number of likely N-dealkylation sites (N-methyl/N-ethyl adjacent to an activating group) is 1. The highest BCUT2D eigenvalue weighted by atomic mass is 35.5. The van der Waals surface area contributed by atoms with E-state index in [0.717, 1.165) is 0 Å². The number of carbonyl (C=O) groups excluding carboxylic acids is 1. The zero-order valence-electron chi connectivity index (χ0n) is 19.0. The minimum absolute atomic E-state index is 0.179. The van der Waals surface area contributed by atoms with Gasteiger partial charge in [-0.1, -0.05) is 41.9 Å². The number of halogens is 2. The van der Waals surface area contributed by atoms with Crippen LogP contribution < -0.4 is 16.1 Å². The van der Waals surface area contributed by atoms with E-state index in [0.29, 0.717) is 40.0 Å². The smallest absolute Gasteiger partial charge is 0.248 e. The number of anilines is 4. The van der Waals surface area contributed by atoms with Crippen LogP contribution in [-0.2, 0) is 4.79 Å². The van der Waals surface area contributed by atoms with E-state index in [9.17, 15) is 9.18 Å². The van der Waals surface area contributed by atoms with Crippen molar-refractivity contribution >= 4 is 46.4 Å². The van der Waals surface area contributed by atoms with Gasteiger partial charge in [-0.2, -0.15) is 10.1 Å². The average Bonchev–Trinajstić information content (AvgIpc) is 2.79. The lowest BCUT2D eigenvalue weighted by Gasteiger charge is -2.11. The Morgan fingerprint density at radius 2 is 1.94 bits per heavy atom. The van der Waals surface area contributed by atoms with Gasteiger partial charge in [0, 0.05) is 29.6 Å². The number of hydrazone groups is 1. The van der Waals surface area contributed by atoms with Crippen molar-refractivity contribution in [2.24, 2.45) is 5.10 Å². The minimum atomic E-state index is -0.370. The lowest BCUT2D eigenvalue weighted by molar-refractivity contribution is -0.111. The Balaban J connectivity index is 1.69. The summed E-state index contributed by atoms with van der Waals surface area (Å²) in [6.07, 6.45) is 4.69. The standard InChI is InChI=1S/C24H25ClFN7O/c1-16(19-10-4-5-11-21(19)26)31-32-24-27-15-20(25)23(30-24)29-18-9-6-8-17(14-18)28-22(34)12-7-13-33(2)3/h4-12,14-15H,13H2,1-3H3,(H,28,34)(H2,27,29,30,32)/b12-7+,31-16+. The molecule has 0 unspecified atom stereocenters. The first-order chi connectivity index (χ1) is 16.3. The fraction of sp³-hybridized carbons (Fsp3) is 0.167. The molecule has 0 aliphatic rings. The van der Waals surface area contributed by atoms with Crippen molar-refractivity contribution in [1.29, 1.82) is 0 Å². The second-order valence-electron chi connectivity index (χ2n) is 7.54. The summed E-state index contributed by atoms with van der Waals surface area (Å²) >= 11 is 6.25. The number of hydrogen-bond acceptors (Lipinski definition) is 7. The van der Waals surface area contributed by atoms with E-state index in [4.69, 9.17) is 11.6 Å². The summed E-state index contributed by atoms with van der Waals surface area (Å²) in [5.41, 5.74) is 4.80. The van der Waals surface area contributed by atoms with Crippen LogP contribution in [0.4, 0.5) is 27.5 Å². The van der Waals surface area contributed by atoms with Crippen molar-refractivity contribution in [1.82, 2.24) is 14.9 Å². The molecule has 0 fully saturated rings. The summed E-state index contributed by atoms with van der Waals surface area (Å²) in [5.74, 6) is -0.0796. The summed E-state index contributed by atoms with van der Waals surface area (Å²) in [6, 6.07) is 13.5. The molecule has 3 aromatic rings. The number of benzene rings is 2. The van der Waals surface area contributed by atoms with Gasteiger partial charge in [0.1, 0.15) is 10.8 Å². The van der Waals surface area contributed by atoms with Crippen LogP contribution in [0.15, 0.2) is 72.0 Å². The van der Waals surface area contributed by atoms with E-state index in [-0.39, 0.29) is 17.7 Å². The van der Waals surface area contributed by atoms with Gasteiger partial charge in [0.2, 0.25) is 11.9 Å². The van der Waals surface area contributed by atoms with E-state index in [2.05, 4.69) is 31.1 Å². The number of rotatable bonds is 9. The van der Waals surface area contributed by atoms with Gasteiger partial charge >= 0.3 is 0 Å². The molecule has 0 saturated heterocycles. The first kappa shape index (κ1) is 24.8. The number of carbonyl (C=O) groups is 1. The van der Waals surface area contributed by atoms with Gasteiger partial charge in [-0.15, -0.1) is 0 Å². The van der Waals surface area contributed by atoms with Crippen LogP contribution in [-0.4, -0.2) is 47.1 Å². The van der Waals surface area contributed by atoms with E-state index < -0.39 is 0 Å². The van der Waals surface area contributed by atoms with Gasteiger partial charge in [-0.05, 0) is 45.3 Å². The minimum Gasteiger partial charge on any atom is -0.339 e. The number of aromatic nitrogens is 2. The fourth-order valence-electron chi connectivity index (χ4n) is 2.82. The molecule has 8 nitrogen and oxygen atoms in total. The summed E-state index contributed by atoms with van der Waals surface area (Å²) in [7, 11) is 3.85. The summed E-state index contributed by atoms with van der Waals surface area (Å²) in [4.78, 5) is 22.5. The molecule has 0 bridgehead atoms. The van der Waals surface area contributed by atoms with Crippen LogP contribution in [0.3, 0.4) is 0 Å². The molecular weight excluding hydrogens is 457 g/mol. The highest BCUT2D eigenvalue weighted by Gasteiger charge is 2.08. The van der Waals surface area contributed by atoms with Crippen LogP contribution in [0.5, 0.6) is 0 Å². The number of hydrogen-bond donors (Lipinski definition) is 3. The topological polar surface area (TPSA) is 94.5 Å². The molecule has 34 heavy (non-hydrogen) atoms. The Kier molecular flexibility index (Phi) is 8.66. The van der Waals surface area contributed by atoms with Gasteiger partial charge in [-0.3, -0.25) is 4.79 Å². The maximum atomic E-state index is 13.9. The number of nitrogens with zero attached hydrogens (tertiary/aromatic N) is 4. The fourth-order valence-corrected chi connectivity index (χ4v) is 2.96. The molecule has 0 saturated carbocycles. The van der Waals surface area contributed by atoms with Crippen molar-refractivity contribution in [2.45, 2.75) is 6.92 Å². The monoisotopic (exact) mass is 481 g/mol. The van der Waals surface area contributed by atoms with Crippen LogP contribution in [0, 0.1) is 5.82 Å². The van der Waals surface area contributed by atoms with Crippen molar-refractivity contribution in [2.75, 3.05) is 36.7 Å². The Labute approximate surface area is 202 Å². The van der Waals surface area contributed by atoms with Gasteiger partial charge in [0.15, 0.2) is 5.82 Å². The molecule has 2 aromatic carbocycles. The molecule has 176 valence electrons. The third-order valence-corrected chi connectivity index (χ3v) is 4.74. The third kappa shape index (κ3) is 7.36. The maximum Gasteiger partial charge on any atom is 0.248 e. The first-order valence-corrected chi connectivity index (χ1v) is 10.8. The lowest BCUT2D eigenvalue weighted by atomic mass is 10.1. The van der Waals surface area contributed by atoms with Crippen LogP contribution in [0.1, 0.15) is 12.5 Å². The highest BCUT2D eigenvalue weighted by Crippen LogP contribution is 2.25. The molecule has 0 spiro atoms. The Bertz CT molecular complexity index is 1210. The molecule has 3 N–H and O–H groups in total. The second kappa shape index (κ2) is 11.9. The van der Waals surface area contributed by atoms with Crippen LogP contribution in [0.2, 0.25) is 5.02 Å². The average molecular weight is 482 g/mol. The normalized spacial score (nSPS) is 11.6. The van der Waals surface area contributed by atoms with Gasteiger partial charge < -0.3 is 15.5 Å². The first-order valence-electron chi connectivity index (χ1n) is 10.4. The summed E-state index contributed by atoms with van der Waals surface area (Å²) in [5, 5.41) is 10.4. The summed E-state index contributed by atoms with van der Waals surface area (Å²) < 4.78 is 13.9. The largest absolute Gasteiger partial charge is 0.339 e. The predicted molar refractivity (Wildman–Crippen MR) is 135 cm³/mol. The van der Waals surface area contributed by atoms with E-state index >= 15 is 0 Å². The molecule has 0 aliphatic heterocycles. The van der Waals surface area contributed by atoms with Crippen molar-refractivity contribution < 1.29 is 9.18 Å². The molecule has 0 aliphatic carbocycles. The molecular formula is C24H25ClFN7O. The van der Waals surface area contributed by atoms with Gasteiger partial charge in [0.05, 0.1) is 11.9 Å². The van der Waals surface area contributed by atoms with Crippen molar-refractivity contribution in [3.63, 3.8) is 0 Å². The second-order valence-corrected chi connectivity index (χ2v) is 7.95. The molecule has 3 rings (SSSR count). The summed E-state index contributed by atoms with van der Waals surface area (Å²) in [6.45, 7) is 2.34. The van der Waals surface area contributed by atoms with E-state index in [1.807, 2.05) is 25.1 Å². The van der Waals surface area contributed by atoms with Gasteiger partial charge in [0.25, 0.3) is 0 Å². The number of nitrogens with one attached hydrogen (secondary N) is 3. The van der Waals surface area contributed by atoms with Crippen LogP contribution >= 0.6 is 11.6 Å². The number of amides is 1. The van der Waals surface area contributed by atoms with E-state index in [1.165, 1.54) is 18.3 Å². The maximum absolute atomic E-state index is 13.9. The molecule has 1 aromatic heterocycles. The molecule has 1 amide bonds. The lowest BCUT2D eigenvalue weighted by Crippen LogP contribution is -2.13. The molecule has 1 heterocycles. The molecule has 10 heteroatoms. The Hall–Kier alpha value is -3.82. The molecule has 0 atom stereocenters. The Morgan fingerprint density at radius 1 is 1.18 bits per heavy atom. The van der Waals surface area contributed by atoms with E-state index in [1.54, 1.807) is 49.4 Å². The zero-order valence-corrected chi connectivity index (χ0v) is 19.8. The quantitative estimate of drug-likeness (QED) is 0.228. The van der Waals surface area contributed by atoms with Gasteiger partial charge in [-0.25, -0.2) is 14.8 Å². The SMILES string of the molecule is C/C(=N\Nc1ncc(Cl)c(Nc2cccc(NC(=O)/C=C/CN(C)C)c2)n1)c1ccccc1F. The highest BCUT2D eigenvalue weighted by molar-refractivity contribution is 6.32.